The summed E-state index contributed by atoms with van der Waals surface area (Å²) in [5, 5.41) is 38.4. The Kier molecular flexibility index (Phi) is 42.1. The van der Waals surface area contributed by atoms with E-state index < -0.39 is 58.4 Å². The van der Waals surface area contributed by atoms with Crippen molar-refractivity contribution < 1.29 is 106 Å². The molecule has 2 aromatic rings. The summed E-state index contributed by atoms with van der Waals surface area (Å²) in [6, 6.07) is 13.1. The van der Waals surface area contributed by atoms with Crippen LogP contribution in [0.15, 0.2) is 48.5 Å². The Labute approximate surface area is 616 Å². The van der Waals surface area contributed by atoms with Gasteiger partial charge in [-0.25, -0.2) is 0 Å². The third-order valence-corrected chi connectivity index (χ3v) is 15.8. The summed E-state index contributed by atoms with van der Waals surface area (Å²) in [4.78, 5) is 116. The second-order valence-corrected chi connectivity index (χ2v) is 29.6. The lowest BCUT2D eigenvalue weighted by Gasteiger charge is -2.37. The van der Waals surface area contributed by atoms with Gasteiger partial charge in [-0.05, 0) is 145 Å². The molecule has 0 amide bonds. The van der Waals surface area contributed by atoms with Crippen LogP contribution < -0.4 is 9.47 Å². The van der Waals surface area contributed by atoms with Crippen LogP contribution in [0.2, 0.25) is 0 Å². The highest BCUT2D eigenvalue weighted by Crippen LogP contribution is 2.22. The highest BCUT2D eigenvalue weighted by atomic mass is 16.6. The molecule has 0 saturated carbocycles. The van der Waals surface area contributed by atoms with Crippen molar-refractivity contribution in [1.82, 2.24) is 39.2 Å². The van der Waals surface area contributed by atoms with Crippen molar-refractivity contribution in [1.29, 1.82) is 0 Å². The van der Waals surface area contributed by atoms with Gasteiger partial charge in [0.05, 0.1) is 78.9 Å². The maximum absolute atomic E-state index is 14.2. The molecule has 2 heterocycles. The summed E-state index contributed by atoms with van der Waals surface area (Å²) in [6.45, 7) is 35.3. The van der Waals surface area contributed by atoms with Crippen LogP contribution in [0.4, 0.5) is 0 Å². The second-order valence-electron chi connectivity index (χ2n) is 29.6. The number of benzene rings is 2. The summed E-state index contributed by atoms with van der Waals surface area (Å²) >= 11 is 0. The fourth-order valence-corrected chi connectivity index (χ4v) is 11.1. The number of rotatable bonds is 36. The SMILES string of the molecule is CCOCCOCCOc1ccc(C[C@@H](C(=O)O)N2CCN(CC(=O)O)CCN(CC(=O)O)CCN(CC(=O)O)CC2)cc1.CCOCCOCCOc1ccc(C[C@@H](C(=O)OC(C)(C)C)N2CCN(CC(=O)OC(C)(C)C)CCN(CC(=O)OC(C)(C)C)CCN(CC(=O)OC(C)(C)C)CC2)cc1. The lowest BCUT2D eigenvalue weighted by molar-refractivity contribution is -0.163. The molecule has 0 spiro atoms. The summed E-state index contributed by atoms with van der Waals surface area (Å²) in [5.74, 6) is -4.36. The Balaban J connectivity index is 0.000000566. The van der Waals surface area contributed by atoms with Gasteiger partial charge >= 0.3 is 47.8 Å². The molecule has 0 unspecified atom stereocenters. The molecule has 104 heavy (non-hydrogen) atoms. The smallest absolute Gasteiger partial charge is 0.324 e. The van der Waals surface area contributed by atoms with Gasteiger partial charge in [0.15, 0.2) is 0 Å². The second kappa shape index (κ2) is 47.8. The number of carbonyl (C=O) groups excluding carboxylic acids is 4. The molecule has 2 aliphatic rings. The maximum atomic E-state index is 14.2. The monoisotopic (exact) mass is 1480 g/mol. The van der Waals surface area contributed by atoms with E-state index in [1.165, 1.54) is 0 Å². The number of carboxylic acids is 4. The predicted octanol–water partition coefficient (Wildman–Crippen LogP) is 4.21. The van der Waals surface area contributed by atoms with E-state index in [0.717, 1.165) is 11.1 Å². The van der Waals surface area contributed by atoms with E-state index >= 15 is 0 Å². The van der Waals surface area contributed by atoms with E-state index in [1.807, 2.05) is 136 Å². The number of esters is 4. The summed E-state index contributed by atoms with van der Waals surface area (Å²) in [6.07, 6.45) is 0.512. The summed E-state index contributed by atoms with van der Waals surface area (Å²) in [5.41, 5.74) is -1.07. The highest BCUT2D eigenvalue weighted by molar-refractivity contribution is 5.77. The topological polar surface area (TPSA) is 336 Å². The average Bonchev–Trinajstić information content (AvgIpc) is 0.849. The normalized spacial score (nSPS) is 17.1. The van der Waals surface area contributed by atoms with E-state index in [-0.39, 0.29) is 122 Å². The molecule has 30 heteroatoms. The minimum Gasteiger partial charge on any atom is -0.491 e. The zero-order valence-corrected chi connectivity index (χ0v) is 64.5. The Bertz CT molecular complexity index is 2770. The van der Waals surface area contributed by atoms with Gasteiger partial charge in [-0.2, -0.15) is 0 Å². The minimum absolute atomic E-state index is 0.0201. The Morgan fingerprint density at radius 2 is 0.587 bits per heavy atom. The molecule has 2 saturated heterocycles. The van der Waals surface area contributed by atoms with Crippen molar-refractivity contribution in [2.24, 2.45) is 0 Å². The average molecular weight is 1480 g/mol. The maximum Gasteiger partial charge on any atom is 0.324 e. The molecule has 4 N–H and O–H groups in total. The number of hydrogen-bond acceptors (Lipinski definition) is 26. The Morgan fingerprint density at radius 1 is 0.337 bits per heavy atom. The fraction of sp³-hybridized carbons (Fsp3) is 0.730. The highest BCUT2D eigenvalue weighted by Gasteiger charge is 2.34. The van der Waals surface area contributed by atoms with Gasteiger partial charge in [-0.1, -0.05) is 24.3 Å². The quantitative estimate of drug-likeness (QED) is 0.0422. The van der Waals surface area contributed by atoms with E-state index in [9.17, 15) is 58.8 Å². The third-order valence-electron chi connectivity index (χ3n) is 15.8. The van der Waals surface area contributed by atoms with Gasteiger partial charge in [0.2, 0.25) is 0 Å². The molecule has 2 fully saturated rings. The van der Waals surface area contributed by atoms with Crippen LogP contribution in [-0.4, -0.2) is 352 Å². The van der Waals surface area contributed by atoms with Crippen LogP contribution >= 0.6 is 0 Å². The molecule has 0 aliphatic carbocycles. The largest absolute Gasteiger partial charge is 0.491 e. The number of carboxylic acid groups (broad SMARTS) is 4. The zero-order valence-electron chi connectivity index (χ0n) is 64.5. The van der Waals surface area contributed by atoms with Crippen molar-refractivity contribution in [2.45, 2.75) is 144 Å². The first-order valence-corrected chi connectivity index (χ1v) is 36.2. The molecule has 592 valence electrons. The lowest BCUT2D eigenvalue weighted by Crippen LogP contribution is -2.53. The standard InChI is InChI=1S/C45H78N4O11.C29H46N4O11/c1-14-54-27-28-55-29-30-56-36-17-15-35(16-18-36)31-37(41(53)60-45(11,12)13)49-25-23-47(33-39(51)58-43(5,6)7)21-19-46(32-38(50)57-42(2,3)4)20-22-48(24-26-49)34-40(52)59-44(8,9)10;1-2-42-15-16-43-17-18-44-24-5-3-23(4-6-24)19-25(29(40)41)33-13-11-31(21-27(36)37)9-7-30(20-26(34)35)8-10-32(12-14-33)22-28(38)39/h15-18,37H,14,19-34H2,1-13H3;3-6,25H,2,7-22H2,1H3,(H,34,35)(H,36,37)(H,38,39)(H,40,41)/t37-;25-/m00/s1. The molecular weight excluding hydrogens is 1350 g/mol. The van der Waals surface area contributed by atoms with Crippen LogP contribution in [0, 0.1) is 0 Å². The molecule has 0 aromatic heterocycles. The Hall–Kier alpha value is -6.68. The fourth-order valence-electron chi connectivity index (χ4n) is 11.1. The minimum atomic E-state index is -1.05. The molecule has 4 rings (SSSR count). The first-order valence-electron chi connectivity index (χ1n) is 36.2. The van der Waals surface area contributed by atoms with Gasteiger partial charge in [-0.3, -0.25) is 77.6 Å². The molecule has 0 radical (unpaired) electrons. The summed E-state index contributed by atoms with van der Waals surface area (Å²) in [7, 11) is 0. The predicted molar refractivity (Wildman–Crippen MR) is 389 cm³/mol. The van der Waals surface area contributed by atoms with Crippen LogP contribution in [0.1, 0.15) is 108 Å². The number of carbonyl (C=O) groups is 8. The van der Waals surface area contributed by atoms with Crippen molar-refractivity contribution in [3.8, 4) is 11.5 Å². The molecule has 2 aromatic carbocycles. The number of ether oxygens (including phenoxy) is 10. The number of hydrogen-bond donors (Lipinski definition) is 4. The van der Waals surface area contributed by atoms with Crippen LogP contribution in [0.5, 0.6) is 11.5 Å². The van der Waals surface area contributed by atoms with Gasteiger partial charge < -0.3 is 67.8 Å². The zero-order chi connectivity index (χ0) is 77.5. The van der Waals surface area contributed by atoms with E-state index in [0.29, 0.717) is 136 Å². The molecule has 0 bridgehead atoms. The first-order chi connectivity index (χ1) is 48.9. The van der Waals surface area contributed by atoms with Crippen molar-refractivity contribution in [2.75, 3.05) is 210 Å². The van der Waals surface area contributed by atoms with E-state index in [4.69, 9.17) is 47.4 Å². The van der Waals surface area contributed by atoms with Crippen LogP contribution in [0.3, 0.4) is 0 Å². The third kappa shape index (κ3) is 43.7. The van der Waals surface area contributed by atoms with E-state index in [1.54, 1.807) is 43.9 Å². The lowest BCUT2D eigenvalue weighted by atomic mass is 10.0. The molecule has 2 atom stereocenters. The Morgan fingerprint density at radius 3 is 0.856 bits per heavy atom. The number of aliphatic carboxylic acids is 4. The molecular formula is C74H124N8O22. The van der Waals surface area contributed by atoms with Crippen molar-refractivity contribution in [3.05, 3.63) is 59.7 Å². The van der Waals surface area contributed by atoms with Gasteiger partial charge in [0, 0.05) is 118 Å². The number of nitrogens with zero attached hydrogens (tertiary/aromatic N) is 8. The first kappa shape index (κ1) is 91.5. The van der Waals surface area contributed by atoms with E-state index in [2.05, 4.69) is 4.90 Å². The van der Waals surface area contributed by atoms with Gasteiger partial charge in [0.1, 0.15) is 59.2 Å². The summed E-state index contributed by atoms with van der Waals surface area (Å²) < 4.78 is 56.3. The van der Waals surface area contributed by atoms with Gasteiger partial charge in [0.25, 0.3) is 0 Å². The molecule has 2 aliphatic heterocycles. The molecule has 30 nitrogen and oxygen atoms in total. The van der Waals surface area contributed by atoms with Crippen LogP contribution in [-0.2, 0) is 89.1 Å². The van der Waals surface area contributed by atoms with Crippen molar-refractivity contribution in [3.63, 3.8) is 0 Å². The van der Waals surface area contributed by atoms with Gasteiger partial charge in [-0.15, -0.1) is 0 Å². The van der Waals surface area contributed by atoms with Crippen LogP contribution in [0.25, 0.3) is 0 Å². The van der Waals surface area contributed by atoms with Crippen molar-refractivity contribution >= 4 is 47.8 Å².